The van der Waals surface area contributed by atoms with E-state index in [1.807, 2.05) is 87.2 Å². The molecule has 0 saturated carbocycles. The number of methoxy groups -OCH3 is 1. The van der Waals surface area contributed by atoms with Crippen LogP contribution in [0, 0.1) is 26.7 Å². The van der Waals surface area contributed by atoms with E-state index in [0.29, 0.717) is 16.6 Å². The molecule has 1 amide bonds. The lowest BCUT2D eigenvalue weighted by Gasteiger charge is -2.56. The summed E-state index contributed by atoms with van der Waals surface area (Å²) in [5.41, 5.74) is 4.70. The molecule has 2 bridgehead atoms. The number of carbonyl (C=O) groups excluding carboxylic acids is 1. The minimum absolute atomic E-state index is 0.148. The van der Waals surface area contributed by atoms with Gasteiger partial charge < -0.3 is 20.1 Å². The first-order chi connectivity index (χ1) is 16.7. The molecule has 2 aliphatic rings. The van der Waals surface area contributed by atoms with Gasteiger partial charge in [-0.2, -0.15) is 0 Å². The molecule has 0 radical (unpaired) electrons. The molecule has 0 aromatic heterocycles. The molecule has 3 atom stereocenters. The Kier molecular flexibility index (Phi) is 5.68. The maximum Gasteiger partial charge on any atom is 0.236 e. The number of rotatable bonds is 4. The van der Waals surface area contributed by atoms with Gasteiger partial charge in [-0.1, -0.05) is 35.4 Å². The van der Waals surface area contributed by atoms with E-state index in [0.717, 1.165) is 33.6 Å². The Bertz CT molecular complexity index is 1320. The fraction of sp³-hybridized carbons (Fsp3) is 0.286. The fourth-order valence-electron chi connectivity index (χ4n) is 5.14. The van der Waals surface area contributed by atoms with E-state index in [9.17, 15) is 4.79 Å². The molecule has 3 aromatic rings. The lowest BCUT2D eigenvalue weighted by molar-refractivity contribution is -0.130. The van der Waals surface area contributed by atoms with Gasteiger partial charge in [0.2, 0.25) is 5.91 Å². The van der Waals surface area contributed by atoms with Crippen molar-refractivity contribution >= 4 is 34.6 Å². The van der Waals surface area contributed by atoms with Gasteiger partial charge >= 0.3 is 0 Å². The average molecular weight is 488 g/mol. The first kappa shape index (κ1) is 23.2. The summed E-state index contributed by atoms with van der Waals surface area (Å²) in [5.74, 6) is 0.625. The number of hydrogen-bond donors (Lipinski definition) is 2. The Hall–Kier alpha value is -3.58. The fourth-order valence-corrected chi connectivity index (χ4v) is 5.55. The molecular formula is C28H29N3O3S. The third-order valence-electron chi connectivity index (χ3n) is 6.92. The Balaban J connectivity index is 1.63. The Morgan fingerprint density at radius 1 is 1.06 bits per heavy atom. The summed E-state index contributed by atoms with van der Waals surface area (Å²) >= 11 is 5.83. The second kappa shape index (κ2) is 8.57. The topological polar surface area (TPSA) is 62.8 Å². The summed E-state index contributed by atoms with van der Waals surface area (Å²) in [6.45, 7) is 8.00. The largest absolute Gasteiger partial charge is 0.497 e. The lowest BCUT2D eigenvalue weighted by Crippen LogP contribution is -2.72. The van der Waals surface area contributed by atoms with Crippen LogP contribution in [0.1, 0.15) is 35.2 Å². The highest BCUT2D eigenvalue weighted by molar-refractivity contribution is 7.80. The number of benzene rings is 3. The van der Waals surface area contributed by atoms with Gasteiger partial charge in [-0.15, -0.1) is 0 Å². The number of nitrogens with one attached hydrogen (secondary N) is 2. The average Bonchev–Trinajstić information content (AvgIpc) is 2.81. The number of ether oxygens (including phenoxy) is 2. The van der Waals surface area contributed by atoms with Crippen molar-refractivity contribution < 1.29 is 14.3 Å². The standard InChI is InChI=1S/C28H29N3O3S/c1-16-6-9-19(10-7-16)31-27(35)30-25-21-15-20(33-5)11-13-23(21)34-28(31,4)24(25)26(32)29-22-12-8-17(2)14-18(22)3/h6-15,24-25H,1-5H3,(H,29,32)(H,30,35)/t24-,25-,28+/m0/s1. The van der Waals surface area contributed by atoms with Gasteiger partial charge in [-0.05, 0) is 81.9 Å². The van der Waals surface area contributed by atoms with Crippen molar-refractivity contribution in [3.05, 3.63) is 82.9 Å². The Morgan fingerprint density at radius 2 is 1.77 bits per heavy atom. The molecule has 2 aliphatic heterocycles. The van der Waals surface area contributed by atoms with Crippen molar-refractivity contribution in [2.45, 2.75) is 39.5 Å². The molecule has 2 N–H and O–H groups in total. The number of carbonyl (C=O) groups is 1. The van der Waals surface area contributed by atoms with Crippen molar-refractivity contribution in [2.24, 2.45) is 5.92 Å². The van der Waals surface area contributed by atoms with Crippen LogP contribution in [0.25, 0.3) is 0 Å². The van der Waals surface area contributed by atoms with E-state index in [4.69, 9.17) is 21.7 Å². The summed E-state index contributed by atoms with van der Waals surface area (Å²) in [6.07, 6.45) is 0. The van der Waals surface area contributed by atoms with Crippen LogP contribution in [0.5, 0.6) is 11.5 Å². The third-order valence-corrected chi connectivity index (χ3v) is 7.22. The normalized spacial score (nSPS) is 22.5. The predicted octanol–water partition coefficient (Wildman–Crippen LogP) is 5.42. The SMILES string of the molecule is COc1ccc2c(c1)[C@@H]1NC(=S)N(c3ccc(C)cc3)[C@](C)(O2)[C@@H]1C(=O)Nc1ccc(C)cc1C. The van der Waals surface area contributed by atoms with Gasteiger partial charge in [0.15, 0.2) is 10.8 Å². The zero-order chi connectivity index (χ0) is 24.9. The number of amides is 1. The molecular weight excluding hydrogens is 458 g/mol. The van der Waals surface area contributed by atoms with Crippen LogP contribution in [0.3, 0.4) is 0 Å². The van der Waals surface area contributed by atoms with Crippen LogP contribution in [0.4, 0.5) is 11.4 Å². The number of hydrogen-bond acceptors (Lipinski definition) is 4. The highest BCUT2D eigenvalue weighted by Gasteiger charge is 2.59. The number of nitrogens with zero attached hydrogens (tertiary/aromatic N) is 1. The van der Waals surface area contributed by atoms with Gasteiger partial charge in [0, 0.05) is 16.9 Å². The second-order valence-electron chi connectivity index (χ2n) is 9.44. The van der Waals surface area contributed by atoms with Crippen molar-refractivity contribution in [1.82, 2.24) is 5.32 Å². The van der Waals surface area contributed by atoms with E-state index in [2.05, 4.69) is 16.7 Å². The van der Waals surface area contributed by atoms with Gasteiger partial charge in [0.1, 0.15) is 17.4 Å². The molecule has 0 spiro atoms. The van der Waals surface area contributed by atoms with E-state index in [1.54, 1.807) is 7.11 Å². The van der Waals surface area contributed by atoms with Crippen LogP contribution >= 0.6 is 12.2 Å². The Morgan fingerprint density at radius 3 is 2.46 bits per heavy atom. The maximum absolute atomic E-state index is 14.0. The van der Waals surface area contributed by atoms with Gasteiger partial charge in [0.25, 0.3) is 0 Å². The molecule has 5 rings (SSSR count). The quantitative estimate of drug-likeness (QED) is 0.479. The van der Waals surface area contributed by atoms with E-state index in [1.165, 1.54) is 0 Å². The van der Waals surface area contributed by atoms with Gasteiger partial charge in [-0.25, -0.2) is 0 Å². The van der Waals surface area contributed by atoms with Crippen molar-refractivity contribution in [1.29, 1.82) is 0 Å². The molecule has 7 heteroatoms. The summed E-state index contributed by atoms with van der Waals surface area (Å²) in [4.78, 5) is 15.9. The molecule has 1 fully saturated rings. The number of aryl methyl sites for hydroxylation is 3. The molecule has 35 heavy (non-hydrogen) atoms. The molecule has 180 valence electrons. The number of anilines is 2. The van der Waals surface area contributed by atoms with Crippen molar-refractivity contribution in [2.75, 3.05) is 17.3 Å². The second-order valence-corrected chi connectivity index (χ2v) is 9.83. The molecule has 1 saturated heterocycles. The minimum atomic E-state index is -1.06. The van der Waals surface area contributed by atoms with E-state index < -0.39 is 11.6 Å². The maximum atomic E-state index is 14.0. The summed E-state index contributed by atoms with van der Waals surface area (Å²) < 4.78 is 12.1. The van der Waals surface area contributed by atoms with Crippen LogP contribution in [0.15, 0.2) is 60.7 Å². The van der Waals surface area contributed by atoms with Crippen molar-refractivity contribution in [3.8, 4) is 11.5 Å². The lowest BCUT2D eigenvalue weighted by atomic mass is 9.78. The molecule has 3 aromatic carbocycles. The Labute approximate surface area is 211 Å². The van der Waals surface area contributed by atoms with Crippen LogP contribution in [0.2, 0.25) is 0 Å². The zero-order valence-corrected chi connectivity index (χ0v) is 21.3. The zero-order valence-electron chi connectivity index (χ0n) is 20.5. The summed E-state index contributed by atoms with van der Waals surface area (Å²) in [5, 5.41) is 7.11. The highest BCUT2D eigenvalue weighted by Crippen LogP contribution is 2.50. The van der Waals surface area contributed by atoms with E-state index in [-0.39, 0.29) is 11.9 Å². The van der Waals surface area contributed by atoms with E-state index >= 15 is 0 Å². The highest BCUT2D eigenvalue weighted by atomic mass is 32.1. The van der Waals surface area contributed by atoms with Gasteiger partial charge in [-0.3, -0.25) is 9.69 Å². The minimum Gasteiger partial charge on any atom is -0.497 e. The molecule has 0 unspecified atom stereocenters. The molecule has 6 nitrogen and oxygen atoms in total. The van der Waals surface area contributed by atoms with Crippen molar-refractivity contribution in [3.63, 3.8) is 0 Å². The van der Waals surface area contributed by atoms with Crippen LogP contribution < -0.4 is 25.0 Å². The third kappa shape index (κ3) is 3.90. The van der Waals surface area contributed by atoms with Crippen LogP contribution in [-0.4, -0.2) is 23.9 Å². The summed E-state index contributed by atoms with van der Waals surface area (Å²) in [6, 6.07) is 19.3. The smallest absolute Gasteiger partial charge is 0.236 e. The van der Waals surface area contributed by atoms with Gasteiger partial charge in [0.05, 0.1) is 13.2 Å². The number of thiocarbonyl (C=S) groups is 1. The molecule has 2 heterocycles. The predicted molar refractivity (Wildman–Crippen MR) is 142 cm³/mol. The number of fused-ring (bicyclic) bond motifs is 4. The molecule has 0 aliphatic carbocycles. The first-order valence-electron chi connectivity index (χ1n) is 11.6. The first-order valence-corrected chi connectivity index (χ1v) is 12.0. The van der Waals surface area contributed by atoms with Crippen LogP contribution in [-0.2, 0) is 4.79 Å². The monoisotopic (exact) mass is 487 g/mol. The summed E-state index contributed by atoms with van der Waals surface area (Å²) in [7, 11) is 1.62.